The third-order valence-corrected chi connectivity index (χ3v) is 3.84. The molecule has 118 valence electrons. The van der Waals surface area contributed by atoms with Crippen LogP contribution >= 0.6 is 0 Å². The maximum absolute atomic E-state index is 13.7. The van der Waals surface area contributed by atoms with E-state index >= 15 is 0 Å². The van der Waals surface area contributed by atoms with Crippen LogP contribution in [0.5, 0.6) is 11.5 Å². The van der Waals surface area contributed by atoms with Crippen molar-refractivity contribution >= 4 is 0 Å². The predicted octanol–water partition coefficient (Wildman–Crippen LogP) is 3.96. The lowest BCUT2D eigenvalue weighted by Crippen LogP contribution is -2.05. The van der Waals surface area contributed by atoms with Gasteiger partial charge in [0.2, 0.25) is 0 Å². The van der Waals surface area contributed by atoms with E-state index in [4.69, 9.17) is 15.2 Å². The summed E-state index contributed by atoms with van der Waals surface area (Å²) >= 11 is 0. The Balaban J connectivity index is 2.57. The van der Waals surface area contributed by atoms with Crippen LogP contribution in [-0.2, 0) is 0 Å². The molecule has 0 heterocycles. The Morgan fingerprint density at radius 3 is 2.18 bits per heavy atom. The van der Waals surface area contributed by atoms with E-state index in [2.05, 4.69) is 6.92 Å². The molecule has 0 aliphatic carbocycles. The highest BCUT2D eigenvalue weighted by molar-refractivity contribution is 5.76. The second-order valence-electron chi connectivity index (χ2n) is 5.28. The summed E-state index contributed by atoms with van der Waals surface area (Å²) in [6.07, 6.45) is 0.895. The molecule has 0 saturated carbocycles. The minimum atomic E-state index is -0.307. The van der Waals surface area contributed by atoms with E-state index in [1.54, 1.807) is 20.3 Å². The molecule has 1 unspecified atom stereocenters. The van der Waals surface area contributed by atoms with Gasteiger partial charge in [-0.15, -0.1) is 0 Å². The average molecular weight is 303 g/mol. The van der Waals surface area contributed by atoms with Crippen LogP contribution in [0.15, 0.2) is 36.4 Å². The van der Waals surface area contributed by atoms with Gasteiger partial charge in [0.05, 0.1) is 14.2 Å². The van der Waals surface area contributed by atoms with E-state index in [1.807, 2.05) is 18.2 Å². The predicted molar refractivity (Wildman–Crippen MR) is 87.0 cm³/mol. The summed E-state index contributed by atoms with van der Waals surface area (Å²) in [5, 5.41) is 0. The molecule has 0 saturated heterocycles. The number of nitrogens with two attached hydrogens (primary N) is 1. The number of rotatable bonds is 6. The molecule has 1 atom stereocenters. The molecule has 0 radical (unpaired) electrons. The van der Waals surface area contributed by atoms with Crippen LogP contribution in [0.3, 0.4) is 0 Å². The molecule has 4 heteroatoms. The first-order chi connectivity index (χ1) is 10.6. The minimum Gasteiger partial charge on any atom is -0.496 e. The van der Waals surface area contributed by atoms with Crippen LogP contribution in [0.4, 0.5) is 4.39 Å². The molecule has 0 amide bonds. The Kier molecular flexibility index (Phi) is 5.39. The van der Waals surface area contributed by atoms with E-state index in [0.717, 1.165) is 17.5 Å². The molecule has 2 rings (SSSR count). The quantitative estimate of drug-likeness (QED) is 0.878. The number of hydrogen-bond acceptors (Lipinski definition) is 3. The summed E-state index contributed by atoms with van der Waals surface area (Å²) in [5.74, 6) is 1.32. The molecule has 0 aliphatic heterocycles. The Bertz CT molecular complexity index is 643. The van der Waals surface area contributed by atoms with Gasteiger partial charge in [0, 0.05) is 11.1 Å². The van der Waals surface area contributed by atoms with E-state index in [1.165, 1.54) is 12.1 Å². The molecular formula is C18H22FNO2. The van der Waals surface area contributed by atoms with E-state index in [9.17, 15) is 4.39 Å². The lowest BCUT2D eigenvalue weighted by molar-refractivity contribution is 0.409. The number of halogens is 1. The highest BCUT2D eigenvalue weighted by Gasteiger charge is 2.15. The van der Waals surface area contributed by atoms with Crippen molar-refractivity contribution in [3.63, 3.8) is 0 Å². The molecule has 0 aromatic heterocycles. The fourth-order valence-corrected chi connectivity index (χ4v) is 2.55. The second-order valence-corrected chi connectivity index (χ2v) is 5.28. The lowest BCUT2D eigenvalue weighted by Gasteiger charge is -2.17. The maximum Gasteiger partial charge on any atom is 0.127 e. The van der Waals surface area contributed by atoms with Crippen molar-refractivity contribution in [2.45, 2.75) is 19.3 Å². The van der Waals surface area contributed by atoms with Crippen molar-refractivity contribution in [1.82, 2.24) is 0 Å². The smallest absolute Gasteiger partial charge is 0.127 e. The van der Waals surface area contributed by atoms with Crippen LogP contribution in [0, 0.1) is 5.82 Å². The zero-order chi connectivity index (χ0) is 16.1. The van der Waals surface area contributed by atoms with Crippen LogP contribution in [-0.4, -0.2) is 20.8 Å². The molecule has 0 spiro atoms. The van der Waals surface area contributed by atoms with Crippen molar-refractivity contribution in [3.05, 3.63) is 47.8 Å². The largest absolute Gasteiger partial charge is 0.496 e. The topological polar surface area (TPSA) is 44.5 Å². The number of benzene rings is 2. The van der Waals surface area contributed by atoms with E-state index in [0.29, 0.717) is 29.5 Å². The number of ether oxygens (including phenoxy) is 2. The number of methoxy groups -OCH3 is 2. The summed E-state index contributed by atoms with van der Waals surface area (Å²) in [4.78, 5) is 0. The Morgan fingerprint density at radius 2 is 1.59 bits per heavy atom. The Hall–Kier alpha value is -2.07. The van der Waals surface area contributed by atoms with Gasteiger partial charge >= 0.3 is 0 Å². The molecule has 22 heavy (non-hydrogen) atoms. The second kappa shape index (κ2) is 7.27. The molecule has 2 aromatic carbocycles. The van der Waals surface area contributed by atoms with Crippen LogP contribution < -0.4 is 15.2 Å². The highest BCUT2D eigenvalue weighted by atomic mass is 19.1. The summed E-state index contributed by atoms with van der Waals surface area (Å²) in [6, 6.07) is 10.4. The van der Waals surface area contributed by atoms with Crippen molar-refractivity contribution in [2.24, 2.45) is 5.73 Å². The third kappa shape index (κ3) is 3.39. The highest BCUT2D eigenvalue weighted by Crippen LogP contribution is 2.38. The van der Waals surface area contributed by atoms with Gasteiger partial charge in [0.15, 0.2) is 0 Å². The van der Waals surface area contributed by atoms with Gasteiger partial charge in [-0.05, 0) is 54.8 Å². The van der Waals surface area contributed by atoms with E-state index < -0.39 is 0 Å². The zero-order valence-electron chi connectivity index (χ0n) is 13.2. The molecule has 2 aromatic rings. The van der Waals surface area contributed by atoms with Gasteiger partial charge in [0.1, 0.15) is 17.3 Å². The van der Waals surface area contributed by atoms with Crippen LogP contribution in [0.25, 0.3) is 11.1 Å². The molecule has 3 nitrogen and oxygen atoms in total. The SMILES string of the molecule is COc1ccc(F)cc1-c1cc(C(C)CCN)ccc1OC. The van der Waals surface area contributed by atoms with E-state index in [-0.39, 0.29) is 5.82 Å². The summed E-state index contributed by atoms with van der Waals surface area (Å²) in [7, 11) is 3.18. The standard InChI is InChI=1S/C18H22FNO2/c1-12(8-9-20)13-4-6-17(21-2)15(10-13)16-11-14(19)5-7-18(16)22-3/h4-7,10-12H,8-9,20H2,1-3H3. The maximum atomic E-state index is 13.7. The summed E-state index contributed by atoms with van der Waals surface area (Å²) in [6.45, 7) is 2.76. The van der Waals surface area contributed by atoms with Crippen molar-refractivity contribution in [3.8, 4) is 22.6 Å². The lowest BCUT2D eigenvalue weighted by atomic mass is 9.93. The van der Waals surface area contributed by atoms with Crippen LogP contribution in [0.1, 0.15) is 24.8 Å². The first-order valence-electron chi connectivity index (χ1n) is 7.32. The fourth-order valence-electron chi connectivity index (χ4n) is 2.55. The zero-order valence-corrected chi connectivity index (χ0v) is 13.2. The average Bonchev–Trinajstić information content (AvgIpc) is 2.54. The molecule has 0 bridgehead atoms. The third-order valence-electron chi connectivity index (χ3n) is 3.84. The van der Waals surface area contributed by atoms with Gasteiger partial charge in [0.25, 0.3) is 0 Å². The van der Waals surface area contributed by atoms with Gasteiger partial charge < -0.3 is 15.2 Å². The van der Waals surface area contributed by atoms with Gasteiger partial charge in [-0.25, -0.2) is 4.39 Å². The number of hydrogen-bond donors (Lipinski definition) is 1. The van der Waals surface area contributed by atoms with Crippen molar-refractivity contribution in [2.75, 3.05) is 20.8 Å². The molecule has 2 N–H and O–H groups in total. The van der Waals surface area contributed by atoms with Gasteiger partial charge in [-0.1, -0.05) is 13.0 Å². The van der Waals surface area contributed by atoms with Crippen molar-refractivity contribution in [1.29, 1.82) is 0 Å². The minimum absolute atomic E-state index is 0.307. The first kappa shape index (κ1) is 16.3. The fraction of sp³-hybridized carbons (Fsp3) is 0.333. The summed E-state index contributed by atoms with van der Waals surface area (Å²) in [5.41, 5.74) is 8.29. The first-order valence-corrected chi connectivity index (χ1v) is 7.32. The van der Waals surface area contributed by atoms with Gasteiger partial charge in [-0.2, -0.15) is 0 Å². The van der Waals surface area contributed by atoms with Crippen molar-refractivity contribution < 1.29 is 13.9 Å². The Labute approximate surface area is 130 Å². The van der Waals surface area contributed by atoms with Gasteiger partial charge in [-0.3, -0.25) is 0 Å². The monoisotopic (exact) mass is 303 g/mol. The molecule has 0 aliphatic rings. The molecular weight excluding hydrogens is 281 g/mol. The summed E-state index contributed by atoms with van der Waals surface area (Å²) < 4.78 is 24.5. The Morgan fingerprint density at radius 1 is 1.00 bits per heavy atom. The normalized spacial score (nSPS) is 12.0. The molecule has 0 fully saturated rings. The van der Waals surface area contributed by atoms with Crippen LogP contribution in [0.2, 0.25) is 0 Å².